The van der Waals surface area contributed by atoms with Crippen molar-refractivity contribution >= 4 is 22.9 Å². The quantitative estimate of drug-likeness (QED) is 0.842. The molecule has 1 aromatic heterocycles. The van der Waals surface area contributed by atoms with Gasteiger partial charge in [0.25, 0.3) is 5.56 Å². The van der Waals surface area contributed by atoms with Crippen LogP contribution >= 0.6 is 0 Å². The van der Waals surface area contributed by atoms with Crippen molar-refractivity contribution < 1.29 is 14.7 Å². The van der Waals surface area contributed by atoms with Gasteiger partial charge in [0.15, 0.2) is 0 Å². The Bertz CT molecular complexity index is 766. The average Bonchev–Trinajstić information content (AvgIpc) is 2.42. The molecule has 7 heteroatoms. The molecule has 2 N–H and O–H groups in total. The van der Waals surface area contributed by atoms with E-state index in [-0.39, 0.29) is 17.8 Å². The Morgan fingerprint density at radius 2 is 2.05 bits per heavy atom. The Balaban J connectivity index is 2.54. The number of carbonyl (C=O) groups is 2. The second-order valence-electron chi connectivity index (χ2n) is 4.69. The molecule has 7 nitrogen and oxygen atoms in total. The van der Waals surface area contributed by atoms with Crippen LogP contribution in [0.3, 0.4) is 0 Å². The number of hydrogen-bond acceptors (Lipinski definition) is 4. The molecule has 0 bridgehead atoms. The standard InChI is InChI=1S/C14H15N3O4/c1-8-13(19)17(7-11(14(20)21)16-9(2)18)12-6-4-3-5-10(12)15-8/h3-6,11H,7H2,1-2H3,(H,16,18)(H,20,21). The number of carboxylic acids is 1. The molecule has 0 saturated carbocycles. The van der Waals surface area contributed by atoms with Gasteiger partial charge in [0.1, 0.15) is 11.7 Å². The Morgan fingerprint density at radius 1 is 1.38 bits per heavy atom. The van der Waals surface area contributed by atoms with E-state index < -0.39 is 17.9 Å². The normalized spacial score (nSPS) is 12.1. The van der Waals surface area contributed by atoms with Crippen molar-refractivity contribution in [3.63, 3.8) is 0 Å². The predicted octanol–water partition coefficient (Wildman–Crippen LogP) is 0.294. The van der Waals surface area contributed by atoms with Crippen molar-refractivity contribution in [2.45, 2.75) is 26.4 Å². The molecule has 1 aromatic carbocycles. The van der Waals surface area contributed by atoms with Gasteiger partial charge in [-0.15, -0.1) is 0 Å². The molecule has 0 aliphatic rings. The maximum Gasteiger partial charge on any atom is 0.328 e. The molecule has 0 aliphatic carbocycles. The van der Waals surface area contributed by atoms with E-state index in [4.69, 9.17) is 0 Å². The minimum atomic E-state index is -1.20. The molecule has 1 amide bonds. The molecule has 0 radical (unpaired) electrons. The number of benzene rings is 1. The van der Waals surface area contributed by atoms with Crippen LogP contribution in [0.5, 0.6) is 0 Å². The fourth-order valence-electron chi connectivity index (χ4n) is 2.11. The van der Waals surface area contributed by atoms with Gasteiger partial charge in [-0.2, -0.15) is 0 Å². The van der Waals surface area contributed by atoms with Crippen molar-refractivity contribution in [1.82, 2.24) is 14.9 Å². The van der Waals surface area contributed by atoms with Gasteiger partial charge in [0.05, 0.1) is 17.6 Å². The molecule has 1 atom stereocenters. The SMILES string of the molecule is CC(=O)NC(Cn1c(=O)c(C)nc2ccccc21)C(=O)O. The first-order valence-electron chi connectivity index (χ1n) is 6.36. The highest BCUT2D eigenvalue weighted by molar-refractivity contribution is 5.82. The number of para-hydroxylation sites is 2. The summed E-state index contributed by atoms with van der Waals surface area (Å²) < 4.78 is 1.33. The zero-order valence-corrected chi connectivity index (χ0v) is 11.7. The van der Waals surface area contributed by atoms with Crippen molar-refractivity contribution in [2.75, 3.05) is 0 Å². The van der Waals surface area contributed by atoms with Crippen LogP contribution in [0, 0.1) is 6.92 Å². The summed E-state index contributed by atoms with van der Waals surface area (Å²) in [5, 5.41) is 11.5. The zero-order chi connectivity index (χ0) is 15.6. The Labute approximate surface area is 120 Å². The third-order valence-corrected chi connectivity index (χ3v) is 3.06. The monoisotopic (exact) mass is 289 g/mol. The smallest absolute Gasteiger partial charge is 0.328 e. The number of fused-ring (bicyclic) bond motifs is 1. The number of hydrogen-bond donors (Lipinski definition) is 2. The van der Waals surface area contributed by atoms with Gasteiger partial charge in [-0.1, -0.05) is 12.1 Å². The van der Waals surface area contributed by atoms with Crippen LogP contribution in [-0.2, 0) is 16.1 Å². The number of carboxylic acid groups (broad SMARTS) is 1. The molecule has 110 valence electrons. The van der Waals surface area contributed by atoms with Gasteiger partial charge in [-0.25, -0.2) is 9.78 Å². The van der Waals surface area contributed by atoms with E-state index in [0.717, 1.165) is 0 Å². The number of aliphatic carboxylic acids is 1. The summed E-state index contributed by atoms with van der Waals surface area (Å²) in [5.74, 6) is -1.67. The molecular weight excluding hydrogens is 274 g/mol. The highest BCUT2D eigenvalue weighted by Crippen LogP contribution is 2.10. The molecule has 1 unspecified atom stereocenters. The fraction of sp³-hybridized carbons (Fsp3) is 0.286. The Kier molecular flexibility index (Phi) is 4.02. The minimum Gasteiger partial charge on any atom is -0.480 e. The lowest BCUT2D eigenvalue weighted by Gasteiger charge is -2.17. The molecule has 1 heterocycles. The highest BCUT2D eigenvalue weighted by Gasteiger charge is 2.21. The van der Waals surface area contributed by atoms with Crippen LogP contribution in [0.4, 0.5) is 0 Å². The van der Waals surface area contributed by atoms with E-state index in [0.29, 0.717) is 11.0 Å². The summed E-state index contributed by atoms with van der Waals surface area (Å²) in [5.41, 5.74) is 1.04. The summed E-state index contributed by atoms with van der Waals surface area (Å²) in [4.78, 5) is 38.7. The molecule has 0 spiro atoms. The van der Waals surface area contributed by atoms with Gasteiger partial charge >= 0.3 is 5.97 Å². The van der Waals surface area contributed by atoms with E-state index in [2.05, 4.69) is 10.3 Å². The first-order valence-corrected chi connectivity index (χ1v) is 6.36. The van der Waals surface area contributed by atoms with Crippen molar-refractivity contribution in [3.05, 3.63) is 40.3 Å². The van der Waals surface area contributed by atoms with Crippen LogP contribution in [0.1, 0.15) is 12.6 Å². The second kappa shape index (κ2) is 5.74. The number of nitrogens with one attached hydrogen (secondary N) is 1. The second-order valence-corrected chi connectivity index (χ2v) is 4.69. The van der Waals surface area contributed by atoms with Gasteiger partial charge in [0, 0.05) is 6.92 Å². The van der Waals surface area contributed by atoms with Crippen LogP contribution in [0.15, 0.2) is 29.1 Å². The summed E-state index contributed by atoms with van der Waals surface area (Å²) in [6, 6.07) is 5.78. The van der Waals surface area contributed by atoms with E-state index in [1.165, 1.54) is 11.5 Å². The molecule has 0 fully saturated rings. The lowest BCUT2D eigenvalue weighted by atomic mass is 10.2. The van der Waals surface area contributed by atoms with Crippen LogP contribution < -0.4 is 10.9 Å². The van der Waals surface area contributed by atoms with Gasteiger partial charge in [-0.3, -0.25) is 9.59 Å². The zero-order valence-electron chi connectivity index (χ0n) is 11.7. The average molecular weight is 289 g/mol. The van der Waals surface area contributed by atoms with E-state index in [1.54, 1.807) is 31.2 Å². The number of rotatable bonds is 4. The van der Waals surface area contributed by atoms with E-state index >= 15 is 0 Å². The lowest BCUT2D eigenvalue weighted by Crippen LogP contribution is -2.44. The first-order chi connectivity index (χ1) is 9.90. The first kappa shape index (κ1) is 14.7. The topological polar surface area (TPSA) is 101 Å². The number of aromatic nitrogens is 2. The molecule has 0 saturated heterocycles. The third-order valence-electron chi connectivity index (χ3n) is 3.06. The summed E-state index contributed by atoms with van der Waals surface area (Å²) in [6.45, 7) is 2.64. The van der Waals surface area contributed by atoms with E-state index in [9.17, 15) is 19.5 Å². The number of nitrogens with zero attached hydrogens (tertiary/aromatic N) is 2. The summed E-state index contributed by atoms with van der Waals surface area (Å²) >= 11 is 0. The highest BCUT2D eigenvalue weighted by atomic mass is 16.4. The molecule has 2 rings (SSSR count). The van der Waals surface area contributed by atoms with Crippen LogP contribution in [0.2, 0.25) is 0 Å². The molecular formula is C14H15N3O4. The molecule has 21 heavy (non-hydrogen) atoms. The summed E-state index contributed by atoms with van der Waals surface area (Å²) in [7, 11) is 0. The van der Waals surface area contributed by atoms with Crippen LogP contribution in [-0.4, -0.2) is 32.6 Å². The van der Waals surface area contributed by atoms with Gasteiger partial charge in [0.2, 0.25) is 5.91 Å². The Morgan fingerprint density at radius 3 is 2.67 bits per heavy atom. The van der Waals surface area contributed by atoms with Crippen LogP contribution in [0.25, 0.3) is 11.0 Å². The summed E-state index contributed by atoms with van der Waals surface area (Å²) in [6.07, 6.45) is 0. The molecule has 2 aromatic rings. The van der Waals surface area contributed by atoms with Gasteiger partial charge < -0.3 is 15.0 Å². The maximum absolute atomic E-state index is 12.2. The van der Waals surface area contributed by atoms with E-state index in [1.807, 2.05) is 0 Å². The molecule has 0 aliphatic heterocycles. The number of amides is 1. The Hall–Kier alpha value is -2.70. The number of carbonyl (C=O) groups excluding carboxylic acids is 1. The van der Waals surface area contributed by atoms with Gasteiger partial charge in [-0.05, 0) is 19.1 Å². The lowest BCUT2D eigenvalue weighted by molar-refractivity contribution is -0.141. The largest absolute Gasteiger partial charge is 0.480 e. The van der Waals surface area contributed by atoms with Crippen molar-refractivity contribution in [2.24, 2.45) is 0 Å². The number of aryl methyl sites for hydroxylation is 1. The maximum atomic E-state index is 12.2. The fourth-order valence-corrected chi connectivity index (χ4v) is 2.11. The predicted molar refractivity (Wildman–Crippen MR) is 76.0 cm³/mol. The van der Waals surface area contributed by atoms with Crippen molar-refractivity contribution in [1.29, 1.82) is 0 Å². The third kappa shape index (κ3) is 3.07. The minimum absolute atomic E-state index is 0.155. The van der Waals surface area contributed by atoms with Crippen molar-refractivity contribution in [3.8, 4) is 0 Å².